The zero-order valence-electron chi connectivity index (χ0n) is 13.4. The molecule has 5 nitrogen and oxygen atoms in total. The molecule has 1 amide bonds. The van der Waals surface area contributed by atoms with E-state index >= 15 is 0 Å². The first-order chi connectivity index (χ1) is 10.3. The molecule has 22 heavy (non-hydrogen) atoms. The number of amides is 1. The van der Waals surface area contributed by atoms with Crippen LogP contribution in [-0.4, -0.2) is 40.6 Å². The molecule has 0 atom stereocenters. The average molecular weight is 305 g/mol. The van der Waals surface area contributed by atoms with Crippen LogP contribution in [0.3, 0.4) is 0 Å². The molecular formula is C17H23NO4. The molecule has 0 saturated heterocycles. The van der Waals surface area contributed by atoms with Gasteiger partial charge >= 0.3 is 5.97 Å². The molecule has 0 aliphatic carbocycles. The van der Waals surface area contributed by atoms with Crippen molar-refractivity contribution in [3.63, 3.8) is 0 Å². The molecule has 0 spiro atoms. The Labute approximate surface area is 131 Å². The third kappa shape index (κ3) is 5.60. The molecule has 0 bridgehead atoms. The summed E-state index contributed by atoms with van der Waals surface area (Å²) in [4.78, 5) is 24.5. The van der Waals surface area contributed by atoms with Crippen LogP contribution in [0.25, 0.3) is 6.08 Å². The molecule has 1 N–H and O–H groups in total. The summed E-state index contributed by atoms with van der Waals surface area (Å²) in [5.41, 5.74) is 0.781. The third-order valence-electron chi connectivity index (χ3n) is 3.01. The van der Waals surface area contributed by atoms with Crippen molar-refractivity contribution in [1.29, 1.82) is 0 Å². The van der Waals surface area contributed by atoms with Crippen molar-refractivity contribution >= 4 is 18.0 Å². The topological polar surface area (TPSA) is 66.8 Å². The number of ether oxygens (including phenoxy) is 1. The summed E-state index contributed by atoms with van der Waals surface area (Å²) in [6.07, 6.45) is 3.23. The molecule has 0 fully saturated rings. The molecule has 1 rings (SSSR count). The predicted octanol–water partition coefficient (Wildman–Crippen LogP) is 2.81. The molecule has 0 aromatic heterocycles. The number of hydrogen-bond acceptors (Lipinski definition) is 3. The maximum Gasteiger partial charge on any atom is 0.341 e. The maximum atomic E-state index is 12.2. The van der Waals surface area contributed by atoms with E-state index in [1.807, 2.05) is 33.8 Å². The first-order valence-corrected chi connectivity index (χ1v) is 7.26. The lowest BCUT2D eigenvalue weighted by atomic mass is 10.1. The van der Waals surface area contributed by atoms with Gasteiger partial charge in [0.2, 0.25) is 5.91 Å². The monoisotopic (exact) mass is 305 g/mol. The van der Waals surface area contributed by atoms with E-state index in [1.54, 1.807) is 29.2 Å². The van der Waals surface area contributed by atoms with Crippen LogP contribution in [0.2, 0.25) is 0 Å². The van der Waals surface area contributed by atoms with Gasteiger partial charge in [-0.05, 0) is 51.5 Å². The van der Waals surface area contributed by atoms with Crippen LogP contribution in [0.5, 0.6) is 5.75 Å². The highest BCUT2D eigenvalue weighted by Gasteiger charge is 2.17. The normalized spacial score (nSPS) is 11.2. The van der Waals surface area contributed by atoms with Crippen molar-refractivity contribution in [2.24, 2.45) is 0 Å². The average Bonchev–Trinajstić information content (AvgIpc) is 2.42. The van der Waals surface area contributed by atoms with Gasteiger partial charge in [0.1, 0.15) is 5.75 Å². The number of nitrogens with zero attached hydrogens (tertiary/aromatic N) is 1. The lowest BCUT2D eigenvalue weighted by molar-refractivity contribution is -0.139. The van der Waals surface area contributed by atoms with Crippen molar-refractivity contribution in [1.82, 2.24) is 4.90 Å². The van der Waals surface area contributed by atoms with E-state index < -0.39 is 5.97 Å². The number of benzene rings is 1. The Kier molecular flexibility index (Phi) is 6.63. The number of carboxylic acids is 1. The molecule has 0 heterocycles. The summed E-state index contributed by atoms with van der Waals surface area (Å²) in [5, 5.41) is 8.60. The fraction of sp³-hybridized carbons (Fsp3) is 0.412. The van der Waals surface area contributed by atoms with E-state index in [2.05, 4.69) is 0 Å². The quantitative estimate of drug-likeness (QED) is 0.787. The van der Waals surface area contributed by atoms with Crippen molar-refractivity contribution in [2.75, 3.05) is 6.61 Å². The van der Waals surface area contributed by atoms with Gasteiger partial charge < -0.3 is 14.7 Å². The maximum absolute atomic E-state index is 12.2. The van der Waals surface area contributed by atoms with Gasteiger partial charge in [0.15, 0.2) is 6.61 Å². The summed E-state index contributed by atoms with van der Waals surface area (Å²) >= 11 is 0. The Morgan fingerprint density at radius 3 is 2.41 bits per heavy atom. The van der Waals surface area contributed by atoms with Crippen LogP contribution in [-0.2, 0) is 9.59 Å². The van der Waals surface area contributed by atoms with Gasteiger partial charge in [0, 0.05) is 18.2 Å². The lowest BCUT2D eigenvalue weighted by Crippen LogP contribution is -2.41. The Hall–Kier alpha value is -2.30. The Morgan fingerprint density at radius 2 is 1.86 bits per heavy atom. The Morgan fingerprint density at radius 1 is 1.23 bits per heavy atom. The standard InChI is InChI=1S/C17H23NO4/c1-12(2)18(13(3)4)16(19)9-8-14-6-5-7-15(10-14)22-11-17(20)21/h5-10,12-13H,11H2,1-4H3,(H,20,21)/b9-8-. The number of aliphatic carboxylic acids is 1. The second kappa shape index (κ2) is 8.22. The van der Waals surface area contributed by atoms with Crippen LogP contribution in [0.1, 0.15) is 33.3 Å². The molecule has 0 saturated carbocycles. The van der Waals surface area contributed by atoms with E-state index in [9.17, 15) is 9.59 Å². The predicted molar refractivity (Wildman–Crippen MR) is 85.7 cm³/mol. The Bertz CT molecular complexity index is 541. The smallest absolute Gasteiger partial charge is 0.341 e. The molecule has 120 valence electrons. The van der Waals surface area contributed by atoms with Crippen LogP contribution in [0.15, 0.2) is 30.3 Å². The number of hydrogen-bond donors (Lipinski definition) is 1. The lowest BCUT2D eigenvalue weighted by Gasteiger charge is -2.29. The van der Waals surface area contributed by atoms with Crippen molar-refractivity contribution < 1.29 is 19.4 Å². The molecular weight excluding hydrogens is 282 g/mol. The van der Waals surface area contributed by atoms with Crippen molar-refractivity contribution in [3.05, 3.63) is 35.9 Å². The van der Waals surface area contributed by atoms with E-state index in [1.165, 1.54) is 6.08 Å². The van der Waals surface area contributed by atoms with Crippen LogP contribution in [0, 0.1) is 0 Å². The van der Waals surface area contributed by atoms with Crippen LogP contribution in [0.4, 0.5) is 0 Å². The fourth-order valence-corrected chi connectivity index (χ4v) is 2.21. The van der Waals surface area contributed by atoms with Gasteiger partial charge in [0.05, 0.1) is 0 Å². The van der Waals surface area contributed by atoms with E-state index in [0.29, 0.717) is 5.75 Å². The summed E-state index contributed by atoms with van der Waals surface area (Å²) in [6.45, 7) is 7.52. The second-order valence-corrected chi connectivity index (χ2v) is 5.52. The van der Waals surface area contributed by atoms with Gasteiger partial charge in [-0.1, -0.05) is 12.1 Å². The molecule has 1 aromatic rings. The number of rotatable bonds is 7. The highest BCUT2D eigenvalue weighted by Crippen LogP contribution is 2.15. The van der Waals surface area contributed by atoms with Crippen molar-refractivity contribution in [3.8, 4) is 5.75 Å². The van der Waals surface area contributed by atoms with E-state index in [-0.39, 0.29) is 24.6 Å². The van der Waals surface area contributed by atoms with Crippen LogP contribution < -0.4 is 4.74 Å². The minimum Gasteiger partial charge on any atom is -0.482 e. The minimum atomic E-state index is -1.03. The van der Waals surface area contributed by atoms with Gasteiger partial charge in [-0.15, -0.1) is 0 Å². The van der Waals surface area contributed by atoms with Crippen molar-refractivity contribution in [2.45, 2.75) is 39.8 Å². The molecule has 0 aliphatic rings. The molecule has 0 unspecified atom stereocenters. The number of carboxylic acid groups (broad SMARTS) is 1. The highest BCUT2D eigenvalue weighted by atomic mass is 16.5. The van der Waals surface area contributed by atoms with Gasteiger partial charge in [-0.25, -0.2) is 4.79 Å². The first-order valence-electron chi connectivity index (χ1n) is 7.26. The fourth-order valence-electron chi connectivity index (χ4n) is 2.21. The van der Waals surface area contributed by atoms with Gasteiger partial charge in [-0.2, -0.15) is 0 Å². The molecule has 0 aliphatic heterocycles. The summed E-state index contributed by atoms with van der Waals surface area (Å²) in [6, 6.07) is 7.21. The summed E-state index contributed by atoms with van der Waals surface area (Å²) in [5.74, 6) is -0.621. The van der Waals surface area contributed by atoms with Crippen LogP contribution >= 0.6 is 0 Å². The number of carbonyl (C=O) groups is 2. The van der Waals surface area contributed by atoms with E-state index in [4.69, 9.17) is 9.84 Å². The number of carbonyl (C=O) groups excluding carboxylic acids is 1. The van der Waals surface area contributed by atoms with E-state index in [0.717, 1.165) is 5.56 Å². The molecule has 5 heteroatoms. The second-order valence-electron chi connectivity index (χ2n) is 5.52. The highest BCUT2D eigenvalue weighted by molar-refractivity contribution is 5.92. The SMILES string of the molecule is CC(C)N(C(=O)/C=C\c1cccc(OCC(=O)O)c1)C(C)C. The molecule has 1 aromatic carbocycles. The molecule has 0 radical (unpaired) electrons. The van der Waals surface area contributed by atoms with Gasteiger partial charge in [0.25, 0.3) is 0 Å². The van der Waals surface area contributed by atoms with Gasteiger partial charge in [-0.3, -0.25) is 4.79 Å². The summed E-state index contributed by atoms with van der Waals surface area (Å²) in [7, 11) is 0. The largest absolute Gasteiger partial charge is 0.482 e. The zero-order chi connectivity index (χ0) is 16.7. The Balaban J connectivity index is 2.79. The third-order valence-corrected chi connectivity index (χ3v) is 3.01. The first kappa shape index (κ1) is 17.8. The summed E-state index contributed by atoms with van der Waals surface area (Å²) < 4.78 is 5.11. The zero-order valence-corrected chi connectivity index (χ0v) is 13.4. The minimum absolute atomic E-state index is 0.0538.